The van der Waals surface area contributed by atoms with Gasteiger partial charge >= 0.3 is 19.9 Å². The van der Waals surface area contributed by atoms with Crippen molar-refractivity contribution in [3.05, 3.63) is 95.6 Å². The van der Waals surface area contributed by atoms with Crippen LogP contribution in [0.1, 0.15) is 49.8 Å². The number of methoxy groups -OCH3 is 2. The number of amides is 6. The molecule has 5 heterocycles. The molecule has 9 rings (SSSR count). The molecule has 3 aromatic carbocycles. The molecule has 3 aromatic rings. The van der Waals surface area contributed by atoms with Gasteiger partial charge in [-0.15, -0.1) is 0 Å². The number of nitrogens with zero attached hydrogens (tertiary/aromatic N) is 3. The van der Waals surface area contributed by atoms with Crippen LogP contribution in [0.15, 0.2) is 78.9 Å². The molecule has 0 spiro atoms. The van der Waals surface area contributed by atoms with Gasteiger partial charge in [0, 0.05) is 12.8 Å². The molecule has 6 fully saturated rings. The average Bonchev–Trinajstić information content (AvgIpc) is 3.87. The lowest BCUT2D eigenvalue weighted by atomic mass is 9.42. The van der Waals surface area contributed by atoms with Crippen LogP contribution in [-0.4, -0.2) is 122 Å². The molecule has 11 atom stereocenters. The van der Waals surface area contributed by atoms with Crippen LogP contribution in [0.4, 0.5) is 9.59 Å². The lowest BCUT2D eigenvalue weighted by Crippen LogP contribution is -2.92. The molecule has 20 heteroatoms. The zero-order valence-electron chi connectivity index (χ0n) is 35.4. The maximum Gasteiger partial charge on any atom is 0.475 e. The molecule has 5 aliphatic heterocycles. The van der Waals surface area contributed by atoms with Crippen molar-refractivity contribution in [3.63, 3.8) is 0 Å². The molecule has 1 saturated carbocycles. The quantitative estimate of drug-likeness (QED) is 0.107. The van der Waals surface area contributed by atoms with Crippen molar-refractivity contribution < 1.29 is 66.1 Å². The number of rotatable bonds is 11. The predicted molar refractivity (Wildman–Crippen MR) is 220 cm³/mol. The number of urea groups is 2. The third-order valence-electron chi connectivity index (χ3n) is 13.8. The third kappa shape index (κ3) is 6.78. The van der Waals surface area contributed by atoms with Gasteiger partial charge in [-0.3, -0.25) is 43.6 Å². The van der Waals surface area contributed by atoms with E-state index in [1.807, 2.05) is 60.7 Å². The van der Waals surface area contributed by atoms with Gasteiger partial charge in [0.1, 0.15) is 47.9 Å². The number of phosphoric ester groups is 1. The van der Waals surface area contributed by atoms with Gasteiger partial charge in [0.15, 0.2) is 0 Å². The first-order chi connectivity index (χ1) is 30.7. The summed E-state index contributed by atoms with van der Waals surface area (Å²) in [6.45, 7) is 1.94. The summed E-state index contributed by atoms with van der Waals surface area (Å²) in [5.41, 5.74) is -2.45. The second-order valence-corrected chi connectivity index (χ2v) is 18.5. The minimum atomic E-state index is -4.67. The van der Waals surface area contributed by atoms with Crippen LogP contribution in [0.2, 0.25) is 0 Å². The van der Waals surface area contributed by atoms with Crippen LogP contribution in [-0.2, 0) is 47.5 Å². The number of carbonyl (C=O) groups excluding carboxylic acids is 4. The molecule has 1 aliphatic carbocycles. The van der Waals surface area contributed by atoms with E-state index in [2.05, 4.69) is 10.6 Å². The van der Waals surface area contributed by atoms with Crippen molar-refractivity contribution in [3.8, 4) is 17.6 Å². The van der Waals surface area contributed by atoms with Gasteiger partial charge in [0.25, 0.3) is 0 Å². The predicted octanol–water partition coefficient (Wildman–Crippen LogP) is 3.92. The van der Waals surface area contributed by atoms with Crippen LogP contribution in [0.3, 0.4) is 0 Å². The van der Waals surface area contributed by atoms with E-state index in [0.29, 0.717) is 22.6 Å². The number of nitrogens with one attached hydrogen (secondary N) is 2. The minimum absolute atomic E-state index is 0.153. The van der Waals surface area contributed by atoms with Crippen LogP contribution < -0.4 is 20.1 Å². The number of hydrogen-bond donors (Lipinski definition) is 3. The Morgan fingerprint density at radius 1 is 0.797 bits per heavy atom. The number of hydrogen-bond acceptors (Lipinski definition) is 15. The van der Waals surface area contributed by atoms with Gasteiger partial charge in [-0.25, -0.2) is 14.2 Å². The Balaban J connectivity index is 1.16. The number of ether oxygens (including phenoxy) is 5. The summed E-state index contributed by atoms with van der Waals surface area (Å²) in [4.78, 5) is 58.6. The number of fused-ring (bicyclic) bond motifs is 7. The van der Waals surface area contributed by atoms with Crippen molar-refractivity contribution in [1.29, 1.82) is 5.26 Å². The van der Waals surface area contributed by atoms with E-state index in [-0.39, 0.29) is 32.5 Å². The van der Waals surface area contributed by atoms with E-state index in [0.717, 1.165) is 5.56 Å². The number of nitriles is 1. The summed E-state index contributed by atoms with van der Waals surface area (Å²) in [6, 6.07) is 22.1. The second-order valence-electron chi connectivity index (χ2n) is 16.9. The Morgan fingerprint density at radius 2 is 1.33 bits per heavy atom. The van der Waals surface area contributed by atoms with Crippen LogP contribution in [0.25, 0.3) is 0 Å². The monoisotopic (exact) mass is 903 g/mol. The highest BCUT2D eigenvalue weighted by Crippen LogP contribution is 2.65. The summed E-state index contributed by atoms with van der Waals surface area (Å²) >= 11 is 0. The van der Waals surface area contributed by atoms with E-state index in [1.54, 1.807) is 52.3 Å². The summed E-state index contributed by atoms with van der Waals surface area (Å²) in [7, 11) is -1.54. The molecule has 338 valence electrons. The summed E-state index contributed by atoms with van der Waals surface area (Å²) in [5, 5.41) is 25.4. The topological polar surface area (TPSA) is 234 Å². The SMILES string of the molecule is COc1ccc(C(OC[C@H]2O[C@@H]3C[C@@H]2OP(=O)(OCCC#N)OC[C@H]2O[C@H](C[C@@H]2O)N2C(=O)[15NH]C(=O)C4(C)C2C2N3C(=O)[15NH]C(=O)C24C)(c2ccccc2)c2ccc(OC)cc2)cc1. The minimum Gasteiger partial charge on any atom is -0.497 e. The normalized spacial score (nSPS) is 34.4. The number of imide groups is 2. The summed E-state index contributed by atoms with van der Waals surface area (Å²) < 4.78 is 63.7. The van der Waals surface area contributed by atoms with Crippen molar-refractivity contribution in [2.24, 2.45) is 10.8 Å². The fraction of sp³-hybridized carbons (Fsp3) is 0.477. The summed E-state index contributed by atoms with van der Waals surface area (Å²) in [6.07, 6.45) is -7.74. The standard InChI is InChI=1S/C44H48N5O14P/c1-42-36-37-43(42,2)39(52)47-41(54)49(37)35-22-31(63-64(55,59-20-8-19-45)60-24-32-30(50)21-34(61-32)48(36)40(53)46-38(42)51)33(62-35)23-58-44(25-9-6-5-7-10-25,26-11-15-28(56-3)16-12-26)27-13-17-29(57-4)18-14-27/h5-7,9-18,30-37,50H,8,20-24H2,1-4H3,(H,46,51,53)(H,47,52,54)/t30-,31-,32+,33+,34+,35+,36?,37?,42?,43?,64?/m0/s1/i46+1,47+1. The third-order valence-corrected chi connectivity index (χ3v) is 15.3. The van der Waals surface area contributed by atoms with E-state index < -0.39 is 104 Å². The second kappa shape index (κ2) is 16.5. The molecule has 5 saturated heterocycles. The van der Waals surface area contributed by atoms with E-state index >= 15 is 0 Å². The highest BCUT2D eigenvalue weighted by atomic mass is 31.2. The molecule has 6 amide bonds. The molecular formula is C44H48N5O14P. The maximum atomic E-state index is 14.7. The molecule has 0 radical (unpaired) electrons. The lowest BCUT2D eigenvalue weighted by Gasteiger charge is -2.72. The maximum absolute atomic E-state index is 14.7. The first-order valence-corrected chi connectivity index (χ1v) is 22.4. The Morgan fingerprint density at radius 3 is 1.86 bits per heavy atom. The average molecular weight is 904 g/mol. The van der Waals surface area contributed by atoms with Crippen molar-refractivity contribution >= 4 is 31.7 Å². The highest BCUT2D eigenvalue weighted by molar-refractivity contribution is 7.48. The first-order valence-electron chi connectivity index (χ1n) is 20.9. The highest BCUT2D eigenvalue weighted by Gasteiger charge is 2.82. The van der Waals surface area contributed by atoms with Gasteiger partial charge in [0.05, 0.1) is 75.5 Å². The fourth-order valence-corrected chi connectivity index (χ4v) is 11.7. The van der Waals surface area contributed by atoms with E-state index in [9.17, 15) is 34.1 Å². The number of benzene rings is 3. The van der Waals surface area contributed by atoms with Crippen molar-refractivity contribution in [2.75, 3.05) is 34.0 Å². The number of aliphatic hydroxyl groups is 1. The molecule has 5 unspecified atom stereocenters. The van der Waals surface area contributed by atoms with Gasteiger partial charge in [-0.05, 0) is 54.8 Å². The van der Waals surface area contributed by atoms with Gasteiger partial charge in [-0.2, -0.15) is 5.26 Å². The zero-order valence-corrected chi connectivity index (χ0v) is 36.3. The molecular weight excluding hydrogens is 855 g/mol. The van der Waals surface area contributed by atoms with Crippen molar-refractivity contribution in [2.45, 2.75) is 87.7 Å². The molecule has 19 nitrogen and oxygen atoms in total. The number of carbonyl (C=O) groups is 4. The van der Waals surface area contributed by atoms with Crippen LogP contribution in [0.5, 0.6) is 11.5 Å². The molecule has 4 bridgehead atoms. The molecule has 6 aliphatic rings. The van der Waals surface area contributed by atoms with Gasteiger partial charge < -0.3 is 28.8 Å². The van der Waals surface area contributed by atoms with E-state index in [1.165, 1.54) is 9.80 Å². The molecule has 3 N–H and O–H groups in total. The molecule has 0 aromatic heterocycles. The van der Waals surface area contributed by atoms with Crippen LogP contribution >= 0.6 is 7.82 Å². The van der Waals surface area contributed by atoms with Gasteiger partial charge in [-0.1, -0.05) is 54.6 Å². The largest absolute Gasteiger partial charge is 0.497 e. The Hall–Kier alpha value is -5.42. The lowest BCUT2D eigenvalue weighted by molar-refractivity contribution is -0.243. The number of phosphoric acid groups is 1. The van der Waals surface area contributed by atoms with Crippen molar-refractivity contribution in [1.82, 2.24) is 20.4 Å². The Labute approximate surface area is 368 Å². The summed E-state index contributed by atoms with van der Waals surface area (Å²) in [5.74, 6) is -0.238. The zero-order chi connectivity index (χ0) is 45.2. The number of aliphatic hydroxyl groups excluding tert-OH is 1. The fourth-order valence-electron chi connectivity index (χ4n) is 10.3. The smallest absolute Gasteiger partial charge is 0.475 e. The Kier molecular flexibility index (Phi) is 11.3. The molecule has 64 heavy (non-hydrogen) atoms. The van der Waals surface area contributed by atoms with E-state index in [4.69, 9.17) is 37.3 Å². The van der Waals surface area contributed by atoms with Gasteiger partial charge in [0.2, 0.25) is 11.8 Å². The Bertz CT molecular complexity index is 2360. The first kappa shape index (κ1) is 43.8. The van der Waals surface area contributed by atoms with Crippen LogP contribution in [0, 0.1) is 22.2 Å².